The van der Waals surface area contributed by atoms with Crippen molar-refractivity contribution in [3.8, 4) is 5.75 Å². The molecule has 1 aliphatic rings. The summed E-state index contributed by atoms with van der Waals surface area (Å²) in [5, 5.41) is 2.81. The zero-order valence-corrected chi connectivity index (χ0v) is 16.3. The molecule has 2 rings (SSSR count). The lowest BCUT2D eigenvalue weighted by Crippen LogP contribution is -2.40. The minimum Gasteiger partial charge on any atom is -0.406 e. The van der Waals surface area contributed by atoms with Crippen molar-refractivity contribution in [3.63, 3.8) is 0 Å². The first kappa shape index (κ1) is 22.4. The molecule has 1 saturated heterocycles. The Balaban J connectivity index is 1.77. The lowest BCUT2D eigenvalue weighted by molar-refractivity contribution is -0.274. The Kier molecular flexibility index (Phi) is 7.67. The Morgan fingerprint density at radius 3 is 2.57 bits per heavy atom. The first-order valence-corrected chi connectivity index (χ1v) is 10.5. The van der Waals surface area contributed by atoms with Crippen LogP contribution in [0.25, 0.3) is 0 Å². The van der Waals surface area contributed by atoms with Crippen LogP contribution in [0.15, 0.2) is 29.2 Å². The van der Waals surface area contributed by atoms with Crippen molar-refractivity contribution in [3.05, 3.63) is 24.3 Å². The third-order valence-electron chi connectivity index (χ3n) is 4.45. The van der Waals surface area contributed by atoms with Gasteiger partial charge in [-0.05, 0) is 50.2 Å². The topological polar surface area (TPSA) is 87.7 Å². The fraction of sp³-hybridized carbons (Fsp3) is 0.588. The fourth-order valence-electron chi connectivity index (χ4n) is 3.07. The van der Waals surface area contributed by atoms with E-state index in [4.69, 9.17) is 0 Å². The van der Waals surface area contributed by atoms with Crippen molar-refractivity contribution in [2.45, 2.75) is 43.5 Å². The molecule has 0 aliphatic carbocycles. The number of ether oxygens (including phenoxy) is 1. The Labute approximate surface area is 162 Å². The number of carbonyl (C=O) groups is 1. The number of likely N-dealkylation sites (tertiary alicyclic amines) is 1. The summed E-state index contributed by atoms with van der Waals surface area (Å²) < 4.78 is 66.6. The van der Waals surface area contributed by atoms with Crippen LogP contribution in [0.2, 0.25) is 0 Å². The molecule has 1 fully saturated rings. The second-order valence-corrected chi connectivity index (χ2v) is 8.16. The maximum atomic E-state index is 12.1. The van der Waals surface area contributed by atoms with Gasteiger partial charge in [-0.2, -0.15) is 0 Å². The number of hydrogen-bond acceptors (Lipinski definition) is 5. The van der Waals surface area contributed by atoms with Crippen molar-refractivity contribution in [1.29, 1.82) is 0 Å². The third kappa shape index (κ3) is 6.95. The summed E-state index contributed by atoms with van der Waals surface area (Å²) in [5.41, 5.74) is 0. The maximum absolute atomic E-state index is 12.1. The van der Waals surface area contributed by atoms with Gasteiger partial charge in [0, 0.05) is 25.6 Å². The van der Waals surface area contributed by atoms with Crippen molar-refractivity contribution >= 4 is 15.9 Å². The summed E-state index contributed by atoms with van der Waals surface area (Å²) >= 11 is 0. The number of sulfonamides is 1. The Morgan fingerprint density at radius 2 is 1.96 bits per heavy atom. The summed E-state index contributed by atoms with van der Waals surface area (Å²) in [6.45, 7) is 4.42. The number of carbonyl (C=O) groups excluding carboxylic acids is 1. The molecule has 0 spiro atoms. The summed E-state index contributed by atoms with van der Waals surface area (Å²) in [5.74, 6) is -0.779. The molecule has 1 unspecified atom stereocenters. The number of nitrogens with one attached hydrogen (secondary N) is 2. The Bertz CT molecular complexity index is 754. The SMILES string of the molecule is CCN1CCCC1CNC(=O)CCNS(=O)(=O)c1ccc(OC(F)(F)F)cc1. The molecule has 28 heavy (non-hydrogen) atoms. The van der Waals surface area contributed by atoms with E-state index in [0.29, 0.717) is 12.6 Å². The van der Waals surface area contributed by atoms with Gasteiger partial charge in [-0.3, -0.25) is 9.69 Å². The highest BCUT2D eigenvalue weighted by Crippen LogP contribution is 2.23. The zero-order valence-electron chi connectivity index (χ0n) is 15.5. The van der Waals surface area contributed by atoms with Crippen LogP contribution in [0.5, 0.6) is 5.75 Å². The van der Waals surface area contributed by atoms with Crippen LogP contribution < -0.4 is 14.8 Å². The number of likely N-dealkylation sites (N-methyl/N-ethyl adjacent to an activating group) is 1. The minimum absolute atomic E-state index is 0.0344. The summed E-state index contributed by atoms with van der Waals surface area (Å²) in [4.78, 5) is 14.0. The van der Waals surface area contributed by atoms with E-state index in [0.717, 1.165) is 50.2 Å². The fourth-order valence-corrected chi connectivity index (χ4v) is 4.10. The molecular weight excluding hydrogens is 399 g/mol. The molecule has 1 heterocycles. The molecule has 1 aliphatic heterocycles. The first-order valence-electron chi connectivity index (χ1n) is 8.97. The van der Waals surface area contributed by atoms with Gasteiger partial charge in [-0.1, -0.05) is 6.92 Å². The number of benzene rings is 1. The van der Waals surface area contributed by atoms with E-state index < -0.39 is 22.1 Å². The number of rotatable bonds is 9. The average Bonchev–Trinajstić information content (AvgIpc) is 3.06. The molecule has 1 atom stereocenters. The number of hydrogen-bond donors (Lipinski definition) is 2. The van der Waals surface area contributed by atoms with E-state index in [2.05, 4.69) is 26.6 Å². The van der Waals surface area contributed by atoms with E-state index in [9.17, 15) is 26.4 Å². The number of nitrogens with zero attached hydrogens (tertiary/aromatic N) is 1. The van der Waals surface area contributed by atoms with E-state index in [1.54, 1.807) is 0 Å². The number of alkyl halides is 3. The second kappa shape index (κ2) is 9.57. The van der Waals surface area contributed by atoms with Gasteiger partial charge in [0.2, 0.25) is 15.9 Å². The van der Waals surface area contributed by atoms with Crippen LogP contribution in [0, 0.1) is 0 Å². The third-order valence-corrected chi connectivity index (χ3v) is 5.93. The number of amides is 1. The quantitative estimate of drug-likeness (QED) is 0.633. The van der Waals surface area contributed by atoms with Crippen molar-refractivity contribution in [1.82, 2.24) is 14.9 Å². The molecule has 1 aromatic carbocycles. The summed E-state index contributed by atoms with van der Waals surface area (Å²) in [7, 11) is -3.93. The van der Waals surface area contributed by atoms with Crippen molar-refractivity contribution < 1.29 is 31.1 Å². The maximum Gasteiger partial charge on any atom is 0.573 e. The number of halogens is 3. The van der Waals surface area contributed by atoms with Crippen molar-refractivity contribution in [2.75, 3.05) is 26.2 Å². The standard InChI is InChI=1S/C17H24F3N3O4S/c1-2-23-11-3-4-13(23)12-21-16(24)9-10-22-28(25,26)15-7-5-14(6-8-15)27-17(18,19)20/h5-8,13,22H,2-4,9-12H2,1H3,(H,21,24). The molecule has 7 nitrogen and oxygen atoms in total. The molecule has 0 bridgehead atoms. The van der Waals surface area contributed by atoms with E-state index in [-0.39, 0.29) is 23.8 Å². The molecule has 11 heteroatoms. The normalized spacial score (nSPS) is 18.2. The lowest BCUT2D eigenvalue weighted by Gasteiger charge is -2.22. The van der Waals surface area contributed by atoms with E-state index >= 15 is 0 Å². The van der Waals surface area contributed by atoms with E-state index in [1.165, 1.54) is 0 Å². The Morgan fingerprint density at radius 1 is 1.29 bits per heavy atom. The van der Waals surface area contributed by atoms with Crippen molar-refractivity contribution in [2.24, 2.45) is 0 Å². The van der Waals surface area contributed by atoms with Gasteiger partial charge in [-0.25, -0.2) is 13.1 Å². The molecular formula is C17H24F3N3O4S. The van der Waals surface area contributed by atoms with Gasteiger partial charge in [0.15, 0.2) is 0 Å². The highest BCUT2D eigenvalue weighted by molar-refractivity contribution is 7.89. The van der Waals surface area contributed by atoms with Crippen LogP contribution in [0.4, 0.5) is 13.2 Å². The predicted octanol–water partition coefficient (Wildman–Crippen LogP) is 1.85. The summed E-state index contributed by atoms with van der Waals surface area (Å²) in [6.07, 6.45) is -2.76. The van der Waals surface area contributed by atoms with Gasteiger partial charge < -0.3 is 10.1 Å². The molecule has 1 aromatic rings. The van der Waals surface area contributed by atoms with Crippen LogP contribution in [-0.4, -0.2) is 57.8 Å². The molecule has 0 radical (unpaired) electrons. The Hall–Kier alpha value is -1.85. The van der Waals surface area contributed by atoms with Crippen LogP contribution >= 0.6 is 0 Å². The molecule has 158 valence electrons. The predicted molar refractivity (Wildman–Crippen MR) is 96.2 cm³/mol. The van der Waals surface area contributed by atoms with Crippen LogP contribution in [0.3, 0.4) is 0 Å². The van der Waals surface area contributed by atoms with Crippen LogP contribution in [-0.2, 0) is 14.8 Å². The van der Waals surface area contributed by atoms with Gasteiger partial charge in [0.1, 0.15) is 5.75 Å². The molecule has 1 amide bonds. The average molecular weight is 423 g/mol. The van der Waals surface area contributed by atoms with Gasteiger partial charge in [0.05, 0.1) is 4.90 Å². The van der Waals surface area contributed by atoms with Gasteiger partial charge in [-0.15, -0.1) is 13.2 Å². The zero-order chi connectivity index (χ0) is 20.8. The van der Waals surface area contributed by atoms with Gasteiger partial charge >= 0.3 is 6.36 Å². The highest BCUT2D eigenvalue weighted by atomic mass is 32.2. The molecule has 2 N–H and O–H groups in total. The van der Waals surface area contributed by atoms with Crippen LogP contribution in [0.1, 0.15) is 26.2 Å². The highest BCUT2D eigenvalue weighted by Gasteiger charge is 2.31. The summed E-state index contributed by atoms with van der Waals surface area (Å²) in [6, 6.07) is 4.14. The largest absolute Gasteiger partial charge is 0.573 e. The van der Waals surface area contributed by atoms with Gasteiger partial charge in [0.25, 0.3) is 0 Å². The first-order chi connectivity index (χ1) is 13.1. The second-order valence-electron chi connectivity index (χ2n) is 6.40. The monoisotopic (exact) mass is 423 g/mol. The smallest absolute Gasteiger partial charge is 0.406 e. The lowest BCUT2D eigenvalue weighted by atomic mass is 10.2. The minimum atomic E-state index is -4.85. The molecule has 0 aromatic heterocycles. The van der Waals surface area contributed by atoms with E-state index in [1.807, 2.05) is 0 Å². The molecule has 0 saturated carbocycles.